The van der Waals surface area contributed by atoms with Gasteiger partial charge in [-0.15, -0.1) is 0 Å². The van der Waals surface area contributed by atoms with Gasteiger partial charge in [-0.2, -0.15) is 0 Å². The monoisotopic (exact) mass is 436 g/mol. The second-order valence-corrected chi connectivity index (χ2v) is 9.97. The fourth-order valence-corrected chi connectivity index (χ4v) is 4.14. The molecule has 23 heavy (non-hydrogen) atoms. The van der Waals surface area contributed by atoms with Crippen molar-refractivity contribution in [2.45, 2.75) is 14.7 Å². The van der Waals surface area contributed by atoms with Gasteiger partial charge < -0.3 is 0 Å². The number of hydrogen-bond acceptors (Lipinski definition) is 5. The van der Waals surface area contributed by atoms with Gasteiger partial charge in [-0.25, -0.2) is 22.0 Å². The van der Waals surface area contributed by atoms with E-state index in [0.29, 0.717) is 4.90 Å². The molecule has 0 atom stereocenters. The highest BCUT2D eigenvalue weighted by molar-refractivity contribution is 9.10. The van der Waals surface area contributed by atoms with Crippen LogP contribution in [0, 0.1) is 0 Å². The molecule has 3 N–H and O–H groups in total. The van der Waals surface area contributed by atoms with Gasteiger partial charge in [-0.1, -0.05) is 27.7 Å². The maximum atomic E-state index is 11.5. The van der Waals surface area contributed by atoms with Crippen LogP contribution in [-0.4, -0.2) is 23.1 Å². The Balaban J connectivity index is 2.49. The summed E-state index contributed by atoms with van der Waals surface area (Å²) in [6.45, 7) is 0. The van der Waals surface area contributed by atoms with Crippen LogP contribution in [0.2, 0.25) is 0 Å². The summed E-state index contributed by atoms with van der Waals surface area (Å²) < 4.78 is 49.2. The van der Waals surface area contributed by atoms with Gasteiger partial charge in [0.05, 0.1) is 16.8 Å². The Morgan fingerprint density at radius 2 is 1.65 bits per heavy atom. The van der Waals surface area contributed by atoms with Crippen LogP contribution in [0.15, 0.2) is 61.6 Å². The SMILES string of the molecule is CS(=O)(=O)Nc1ccc(S(N)(=O)=O)cc1Sc1ccc(Br)cc1. The number of benzene rings is 2. The van der Waals surface area contributed by atoms with E-state index in [1.165, 1.54) is 30.0 Å². The lowest BCUT2D eigenvalue weighted by atomic mass is 10.3. The topological polar surface area (TPSA) is 106 Å². The molecule has 0 radical (unpaired) electrons. The first-order chi connectivity index (χ1) is 10.5. The second-order valence-electron chi connectivity index (χ2n) is 4.63. The van der Waals surface area contributed by atoms with Crippen LogP contribution in [0.5, 0.6) is 0 Å². The Bertz CT molecular complexity index is 926. The number of sulfonamides is 2. The van der Waals surface area contributed by atoms with E-state index in [1.807, 2.05) is 24.3 Å². The molecule has 2 rings (SSSR count). The van der Waals surface area contributed by atoms with Crippen LogP contribution < -0.4 is 9.86 Å². The van der Waals surface area contributed by atoms with E-state index in [4.69, 9.17) is 5.14 Å². The predicted molar refractivity (Wildman–Crippen MR) is 94.5 cm³/mol. The van der Waals surface area contributed by atoms with Gasteiger partial charge in [0, 0.05) is 14.3 Å². The summed E-state index contributed by atoms with van der Waals surface area (Å²) in [6.07, 6.45) is 1.02. The van der Waals surface area contributed by atoms with Crippen molar-refractivity contribution in [1.29, 1.82) is 0 Å². The van der Waals surface area contributed by atoms with Crippen LogP contribution in [0.1, 0.15) is 0 Å². The molecule has 0 heterocycles. The Labute approximate surface area is 147 Å². The third-order valence-corrected chi connectivity index (χ3v) is 5.71. The molecule has 0 saturated carbocycles. The van der Waals surface area contributed by atoms with Crippen molar-refractivity contribution in [2.24, 2.45) is 5.14 Å². The van der Waals surface area contributed by atoms with Crippen molar-refractivity contribution in [1.82, 2.24) is 0 Å². The van der Waals surface area contributed by atoms with Gasteiger partial charge >= 0.3 is 0 Å². The molecule has 10 heteroatoms. The minimum Gasteiger partial charge on any atom is -0.283 e. The summed E-state index contributed by atoms with van der Waals surface area (Å²) >= 11 is 4.55. The van der Waals surface area contributed by atoms with Crippen molar-refractivity contribution >= 4 is 53.4 Å². The smallest absolute Gasteiger partial charge is 0.238 e. The quantitative estimate of drug-likeness (QED) is 0.748. The van der Waals surface area contributed by atoms with E-state index in [2.05, 4.69) is 20.7 Å². The normalized spacial score (nSPS) is 12.1. The van der Waals surface area contributed by atoms with E-state index in [9.17, 15) is 16.8 Å². The highest BCUT2D eigenvalue weighted by Crippen LogP contribution is 2.35. The predicted octanol–water partition coefficient (Wildman–Crippen LogP) is 2.62. The molecule has 0 bridgehead atoms. The molecule has 0 saturated heterocycles. The lowest BCUT2D eigenvalue weighted by Gasteiger charge is -2.12. The number of nitrogens with one attached hydrogen (secondary N) is 1. The van der Waals surface area contributed by atoms with Gasteiger partial charge in [-0.05, 0) is 42.5 Å². The maximum Gasteiger partial charge on any atom is 0.238 e. The minimum absolute atomic E-state index is 0.0869. The fourth-order valence-electron chi connectivity index (χ4n) is 1.68. The van der Waals surface area contributed by atoms with Crippen molar-refractivity contribution in [2.75, 3.05) is 11.0 Å². The van der Waals surface area contributed by atoms with Crippen molar-refractivity contribution in [3.05, 3.63) is 46.9 Å². The summed E-state index contributed by atoms with van der Waals surface area (Å²) in [6, 6.07) is 11.3. The first-order valence-electron chi connectivity index (χ1n) is 6.13. The molecule has 0 spiro atoms. The lowest BCUT2D eigenvalue weighted by molar-refractivity contribution is 0.597. The Kier molecular flexibility index (Phi) is 5.41. The summed E-state index contributed by atoms with van der Waals surface area (Å²) in [5, 5.41) is 5.13. The fraction of sp³-hybridized carbons (Fsp3) is 0.0769. The number of nitrogens with two attached hydrogens (primary N) is 1. The van der Waals surface area contributed by atoms with Gasteiger partial charge in [-0.3, -0.25) is 4.72 Å². The molecule has 0 aliphatic heterocycles. The van der Waals surface area contributed by atoms with Gasteiger partial charge in [0.15, 0.2) is 0 Å². The number of halogens is 1. The van der Waals surface area contributed by atoms with E-state index >= 15 is 0 Å². The van der Waals surface area contributed by atoms with E-state index in [1.54, 1.807) is 0 Å². The van der Waals surface area contributed by atoms with Crippen LogP contribution in [0.4, 0.5) is 5.69 Å². The molecular formula is C13H13BrN2O4S3. The van der Waals surface area contributed by atoms with Crippen molar-refractivity contribution in [3.63, 3.8) is 0 Å². The van der Waals surface area contributed by atoms with Crippen LogP contribution in [0.25, 0.3) is 0 Å². The summed E-state index contributed by atoms with van der Waals surface area (Å²) in [7, 11) is -7.38. The van der Waals surface area contributed by atoms with Crippen molar-refractivity contribution < 1.29 is 16.8 Å². The number of primary sulfonamides is 1. The molecule has 2 aromatic rings. The van der Waals surface area contributed by atoms with Crippen LogP contribution >= 0.6 is 27.7 Å². The molecule has 0 amide bonds. The molecule has 0 aliphatic rings. The largest absolute Gasteiger partial charge is 0.283 e. The summed E-state index contributed by atoms with van der Waals surface area (Å²) in [4.78, 5) is 1.16. The van der Waals surface area contributed by atoms with Crippen LogP contribution in [0.3, 0.4) is 0 Å². The first kappa shape index (κ1) is 18.3. The number of hydrogen-bond donors (Lipinski definition) is 2. The summed E-state index contributed by atoms with van der Waals surface area (Å²) in [5.41, 5.74) is 0.285. The molecular weight excluding hydrogens is 424 g/mol. The second kappa shape index (κ2) is 6.81. The minimum atomic E-state index is -3.88. The molecule has 6 nitrogen and oxygen atoms in total. The zero-order valence-electron chi connectivity index (χ0n) is 11.9. The summed E-state index contributed by atoms with van der Waals surface area (Å²) in [5.74, 6) is 0. The molecule has 0 unspecified atom stereocenters. The van der Waals surface area contributed by atoms with Gasteiger partial charge in [0.25, 0.3) is 0 Å². The third-order valence-electron chi connectivity index (χ3n) is 2.62. The molecule has 0 aliphatic carbocycles. The first-order valence-corrected chi connectivity index (χ1v) is 11.2. The lowest BCUT2D eigenvalue weighted by Crippen LogP contribution is -2.14. The standard InChI is InChI=1S/C13H13BrN2O4S3/c1-22(17,18)16-12-7-6-11(23(15,19)20)8-13(12)21-10-4-2-9(14)3-5-10/h2-8,16H,1H3,(H2,15,19,20). The third kappa shape index (κ3) is 5.50. The highest BCUT2D eigenvalue weighted by atomic mass is 79.9. The zero-order valence-corrected chi connectivity index (χ0v) is 15.9. The average molecular weight is 437 g/mol. The van der Waals surface area contributed by atoms with Gasteiger partial charge in [0.1, 0.15) is 0 Å². The highest BCUT2D eigenvalue weighted by Gasteiger charge is 2.14. The zero-order chi connectivity index (χ0) is 17.3. The van der Waals surface area contributed by atoms with Gasteiger partial charge in [0.2, 0.25) is 20.0 Å². The molecule has 0 fully saturated rings. The Hall–Kier alpha value is -1.07. The number of anilines is 1. The maximum absolute atomic E-state index is 11.5. The molecule has 2 aromatic carbocycles. The Morgan fingerprint density at radius 1 is 1.04 bits per heavy atom. The molecule has 0 aromatic heterocycles. The average Bonchev–Trinajstić information content (AvgIpc) is 2.40. The van der Waals surface area contributed by atoms with E-state index in [-0.39, 0.29) is 10.6 Å². The van der Waals surface area contributed by atoms with E-state index < -0.39 is 20.0 Å². The van der Waals surface area contributed by atoms with Crippen LogP contribution in [-0.2, 0) is 20.0 Å². The molecule has 124 valence electrons. The van der Waals surface area contributed by atoms with Crippen molar-refractivity contribution in [3.8, 4) is 0 Å². The number of rotatable bonds is 5. The Morgan fingerprint density at radius 3 is 2.17 bits per heavy atom. The van der Waals surface area contributed by atoms with E-state index in [0.717, 1.165) is 15.6 Å².